The lowest BCUT2D eigenvalue weighted by Gasteiger charge is -2.18. The van der Waals surface area contributed by atoms with E-state index in [0.717, 1.165) is 21.9 Å². The summed E-state index contributed by atoms with van der Waals surface area (Å²) in [7, 11) is 0. The molecular formula is C58H34OS. The summed E-state index contributed by atoms with van der Waals surface area (Å²) in [5.41, 5.74) is 11.9. The quantitative estimate of drug-likeness (QED) is 0.162. The second-order valence-electron chi connectivity index (χ2n) is 15.9. The van der Waals surface area contributed by atoms with Gasteiger partial charge in [0, 0.05) is 36.5 Å². The van der Waals surface area contributed by atoms with Gasteiger partial charge in [0.1, 0.15) is 11.2 Å². The van der Waals surface area contributed by atoms with Crippen LogP contribution in [0.1, 0.15) is 0 Å². The number of rotatable bonds is 4. The molecule has 1 nitrogen and oxygen atoms in total. The maximum atomic E-state index is 6.25. The van der Waals surface area contributed by atoms with E-state index < -0.39 is 0 Å². The van der Waals surface area contributed by atoms with E-state index in [1.807, 2.05) is 17.4 Å². The zero-order valence-corrected chi connectivity index (χ0v) is 33.3. The molecule has 0 saturated heterocycles. The maximum Gasteiger partial charge on any atom is 0.135 e. The molecule has 0 aliphatic heterocycles. The first-order chi connectivity index (χ1) is 29.8. The lowest BCUT2D eigenvalue weighted by atomic mass is 9.85. The third kappa shape index (κ3) is 4.86. The van der Waals surface area contributed by atoms with E-state index in [2.05, 4.69) is 200 Å². The molecule has 0 spiro atoms. The molecule has 0 aliphatic rings. The number of para-hydroxylation sites is 1. The molecule has 0 N–H and O–H groups in total. The SMILES string of the molecule is c1ccc(-c2c3ccccc3c(-c3ccc4sc5c(-c6c7ccccc7c(-c7ccc8oc9ccccc9c8c7)c7ccccc67)cccc5c4c3)c3ccccc23)cc1. The Hall–Kier alpha value is -7.52. The van der Waals surface area contributed by atoms with Crippen molar-refractivity contribution < 1.29 is 4.42 Å². The highest BCUT2D eigenvalue weighted by Gasteiger charge is 2.22. The molecule has 0 aliphatic carbocycles. The average Bonchev–Trinajstić information content (AvgIpc) is 3.88. The fourth-order valence-electron chi connectivity index (χ4n) is 10.1. The average molecular weight is 779 g/mol. The number of hydrogen-bond donors (Lipinski definition) is 0. The molecule has 11 aromatic carbocycles. The van der Waals surface area contributed by atoms with E-state index in [4.69, 9.17) is 4.42 Å². The summed E-state index contributed by atoms with van der Waals surface area (Å²) in [5.74, 6) is 0. The Morgan fingerprint density at radius 1 is 0.267 bits per heavy atom. The third-order valence-electron chi connectivity index (χ3n) is 12.6. The molecule has 60 heavy (non-hydrogen) atoms. The third-order valence-corrected chi connectivity index (χ3v) is 13.9. The Morgan fingerprint density at radius 2 is 0.700 bits per heavy atom. The second-order valence-corrected chi connectivity index (χ2v) is 16.9. The zero-order chi connectivity index (χ0) is 39.3. The van der Waals surface area contributed by atoms with Gasteiger partial charge in [-0.15, -0.1) is 11.3 Å². The molecule has 0 atom stereocenters. The van der Waals surface area contributed by atoms with Crippen LogP contribution >= 0.6 is 11.3 Å². The first-order valence-corrected chi connectivity index (χ1v) is 21.4. The van der Waals surface area contributed by atoms with Crippen LogP contribution in [-0.2, 0) is 0 Å². The van der Waals surface area contributed by atoms with E-state index in [0.29, 0.717) is 0 Å². The minimum atomic E-state index is 0.912. The van der Waals surface area contributed by atoms with Crippen LogP contribution in [0.4, 0.5) is 0 Å². The van der Waals surface area contributed by atoms with Crippen molar-refractivity contribution in [3.63, 3.8) is 0 Å². The topological polar surface area (TPSA) is 13.1 Å². The van der Waals surface area contributed by atoms with Gasteiger partial charge < -0.3 is 4.42 Å². The summed E-state index contributed by atoms with van der Waals surface area (Å²) < 4.78 is 8.86. The maximum absolute atomic E-state index is 6.25. The molecule has 0 saturated carbocycles. The van der Waals surface area contributed by atoms with E-state index in [-0.39, 0.29) is 0 Å². The van der Waals surface area contributed by atoms with Crippen molar-refractivity contribution in [1.29, 1.82) is 0 Å². The molecule has 13 aromatic rings. The number of furan rings is 1. The predicted octanol–water partition coefficient (Wildman–Crippen LogP) is 17.2. The lowest BCUT2D eigenvalue weighted by molar-refractivity contribution is 0.669. The Kier molecular flexibility index (Phi) is 7.24. The van der Waals surface area contributed by atoms with E-state index in [1.165, 1.54) is 108 Å². The first-order valence-electron chi connectivity index (χ1n) is 20.6. The number of fused-ring (bicyclic) bond motifs is 10. The van der Waals surface area contributed by atoms with Gasteiger partial charge in [0.15, 0.2) is 0 Å². The van der Waals surface area contributed by atoms with Crippen molar-refractivity contribution >= 4 is 96.5 Å². The molecule has 0 radical (unpaired) electrons. The van der Waals surface area contributed by atoms with Crippen LogP contribution in [0.15, 0.2) is 211 Å². The summed E-state index contributed by atoms with van der Waals surface area (Å²) in [6.07, 6.45) is 0. The van der Waals surface area contributed by atoms with Gasteiger partial charge in [-0.25, -0.2) is 0 Å². The molecule has 2 heterocycles. The van der Waals surface area contributed by atoms with Gasteiger partial charge in [-0.05, 0) is 112 Å². The number of thiophene rings is 1. The van der Waals surface area contributed by atoms with Gasteiger partial charge in [-0.1, -0.05) is 176 Å². The Balaban J connectivity index is 1.05. The van der Waals surface area contributed by atoms with Gasteiger partial charge >= 0.3 is 0 Å². The molecule has 2 heteroatoms. The monoisotopic (exact) mass is 778 g/mol. The Morgan fingerprint density at radius 3 is 1.28 bits per heavy atom. The predicted molar refractivity (Wildman–Crippen MR) is 258 cm³/mol. The summed E-state index contributed by atoms with van der Waals surface area (Å²) in [6, 6.07) is 75.7. The van der Waals surface area contributed by atoms with Crippen LogP contribution in [0.25, 0.3) is 130 Å². The van der Waals surface area contributed by atoms with Crippen LogP contribution in [0.3, 0.4) is 0 Å². The molecular weight excluding hydrogens is 745 g/mol. The number of benzene rings is 11. The minimum absolute atomic E-state index is 0.912. The van der Waals surface area contributed by atoms with Crippen molar-refractivity contribution in [2.24, 2.45) is 0 Å². The highest BCUT2D eigenvalue weighted by Crippen LogP contribution is 2.50. The zero-order valence-electron chi connectivity index (χ0n) is 32.4. The smallest absolute Gasteiger partial charge is 0.135 e. The molecule has 0 unspecified atom stereocenters. The highest BCUT2D eigenvalue weighted by atomic mass is 32.1. The fourth-order valence-corrected chi connectivity index (χ4v) is 11.3. The van der Waals surface area contributed by atoms with Crippen LogP contribution in [-0.4, -0.2) is 0 Å². The Bertz CT molecular complexity index is 3770. The summed E-state index contributed by atoms with van der Waals surface area (Å²) in [6.45, 7) is 0. The second kappa shape index (κ2) is 13.0. The van der Waals surface area contributed by atoms with Crippen molar-refractivity contribution in [3.05, 3.63) is 206 Å². The van der Waals surface area contributed by atoms with Gasteiger partial charge in [-0.2, -0.15) is 0 Å². The molecule has 13 rings (SSSR count). The van der Waals surface area contributed by atoms with Crippen molar-refractivity contribution in [2.45, 2.75) is 0 Å². The molecule has 0 fully saturated rings. The van der Waals surface area contributed by atoms with Crippen LogP contribution in [0.5, 0.6) is 0 Å². The molecule has 278 valence electrons. The highest BCUT2D eigenvalue weighted by molar-refractivity contribution is 7.26. The van der Waals surface area contributed by atoms with Crippen LogP contribution in [0.2, 0.25) is 0 Å². The van der Waals surface area contributed by atoms with Crippen molar-refractivity contribution in [1.82, 2.24) is 0 Å². The van der Waals surface area contributed by atoms with Crippen LogP contribution < -0.4 is 0 Å². The first kappa shape index (κ1) is 33.5. The van der Waals surface area contributed by atoms with E-state index >= 15 is 0 Å². The summed E-state index contributed by atoms with van der Waals surface area (Å²) in [4.78, 5) is 0. The minimum Gasteiger partial charge on any atom is -0.456 e. The van der Waals surface area contributed by atoms with Crippen LogP contribution in [0, 0.1) is 0 Å². The molecule has 0 amide bonds. The van der Waals surface area contributed by atoms with Gasteiger partial charge in [-0.3, -0.25) is 0 Å². The van der Waals surface area contributed by atoms with Crippen molar-refractivity contribution in [2.75, 3.05) is 0 Å². The summed E-state index contributed by atoms with van der Waals surface area (Å²) >= 11 is 1.90. The molecule has 2 aromatic heterocycles. The fraction of sp³-hybridized carbons (Fsp3) is 0. The number of hydrogen-bond acceptors (Lipinski definition) is 2. The molecule has 0 bridgehead atoms. The normalized spacial score (nSPS) is 12.0. The largest absolute Gasteiger partial charge is 0.456 e. The standard InChI is InChI=1S/C58H34OS/c1-2-15-35(16-3-1)54-39-18-4-6-20-41(39)56(42-21-7-5-19-40(42)54)37-30-32-53-50(34-37)47-26-14-27-48(58(47)60-53)57-45-24-10-8-22-43(45)55(44-23-9-11-25-46(44)57)36-29-31-52-49(33-36)38-17-12-13-28-51(38)59-52/h1-34H. The van der Waals surface area contributed by atoms with E-state index in [1.54, 1.807) is 0 Å². The van der Waals surface area contributed by atoms with Gasteiger partial charge in [0.05, 0.1) is 0 Å². The van der Waals surface area contributed by atoms with Gasteiger partial charge in [0.25, 0.3) is 0 Å². The Labute approximate surface area is 350 Å². The van der Waals surface area contributed by atoms with Crippen molar-refractivity contribution in [3.8, 4) is 44.5 Å². The van der Waals surface area contributed by atoms with E-state index in [9.17, 15) is 0 Å². The lowest BCUT2D eigenvalue weighted by Crippen LogP contribution is -1.91. The summed E-state index contributed by atoms with van der Waals surface area (Å²) in [5, 5.41) is 15.0. The van der Waals surface area contributed by atoms with Gasteiger partial charge in [0.2, 0.25) is 0 Å².